The molecule has 3 aromatic rings. The summed E-state index contributed by atoms with van der Waals surface area (Å²) in [7, 11) is 0. The van der Waals surface area contributed by atoms with E-state index in [1.54, 1.807) is 25.3 Å². The van der Waals surface area contributed by atoms with Crippen LogP contribution in [0.5, 0.6) is 0 Å². The first-order chi connectivity index (χ1) is 12.4. The number of aromatic nitrogens is 2. The fourth-order valence-corrected chi connectivity index (χ4v) is 2.79. The minimum Gasteiger partial charge on any atom is -0.477 e. The van der Waals surface area contributed by atoms with Crippen LogP contribution in [0.25, 0.3) is 16.8 Å². The van der Waals surface area contributed by atoms with Crippen LogP contribution in [0.4, 0.5) is 8.78 Å². The average molecular weight is 356 g/mol. The molecule has 0 aliphatic heterocycles. The predicted molar refractivity (Wildman–Crippen MR) is 91.9 cm³/mol. The molecule has 1 N–H and O–H groups in total. The van der Waals surface area contributed by atoms with E-state index in [2.05, 4.69) is 4.98 Å². The van der Waals surface area contributed by atoms with E-state index in [1.807, 2.05) is 0 Å². The molecule has 2 heterocycles. The fourth-order valence-electron chi connectivity index (χ4n) is 2.79. The topological polar surface area (TPSA) is 72.2 Å². The van der Waals surface area contributed by atoms with Crippen LogP contribution in [0.15, 0.2) is 59.8 Å². The maximum atomic E-state index is 13.0. The van der Waals surface area contributed by atoms with Crippen molar-refractivity contribution in [3.63, 3.8) is 0 Å². The van der Waals surface area contributed by atoms with E-state index in [-0.39, 0.29) is 16.7 Å². The van der Waals surface area contributed by atoms with Gasteiger partial charge in [0.1, 0.15) is 5.56 Å². The van der Waals surface area contributed by atoms with Crippen LogP contribution in [0.3, 0.4) is 0 Å². The molecule has 0 aliphatic carbocycles. The van der Waals surface area contributed by atoms with Crippen molar-refractivity contribution in [3.05, 3.63) is 82.0 Å². The van der Waals surface area contributed by atoms with Gasteiger partial charge in [-0.3, -0.25) is 9.78 Å². The minimum atomic E-state index is -2.70. The fraction of sp³-hybridized carbons (Fsp3) is 0.105. The van der Waals surface area contributed by atoms with Gasteiger partial charge in [0.05, 0.1) is 11.9 Å². The summed E-state index contributed by atoms with van der Waals surface area (Å²) in [5.41, 5.74) is -0.117. The van der Waals surface area contributed by atoms with Crippen molar-refractivity contribution in [2.75, 3.05) is 0 Å². The van der Waals surface area contributed by atoms with Gasteiger partial charge in [-0.15, -0.1) is 0 Å². The first kappa shape index (κ1) is 17.5. The number of benzene rings is 1. The molecule has 5 nitrogen and oxygen atoms in total. The van der Waals surface area contributed by atoms with Gasteiger partial charge in [-0.1, -0.05) is 18.2 Å². The largest absolute Gasteiger partial charge is 0.477 e. The number of halogens is 2. The zero-order chi connectivity index (χ0) is 18.8. The number of carboxylic acids is 1. The molecular weight excluding hydrogens is 342 g/mol. The molecule has 7 heteroatoms. The first-order valence-electron chi connectivity index (χ1n) is 7.68. The lowest BCUT2D eigenvalue weighted by Gasteiger charge is -2.16. The maximum Gasteiger partial charge on any atom is 0.341 e. The number of rotatable bonds is 4. The third-order valence-electron chi connectivity index (χ3n) is 4.03. The first-order valence-corrected chi connectivity index (χ1v) is 7.68. The van der Waals surface area contributed by atoms with E-state index < -0.39 is 23.4 Å². The zero-order valence-corrected chi connectivity index (χ0v) is 13.7. The van der Waals surface area contributed by atoms with Crippen LogP contribution < -0.4 is 5.43 Å². The highest BCUT2D eigenvalue weighted by molar-refractivity contribution is 5.89. The van der Waals surface area contributed by atoms with E-state index in [0.717, 1.165) is 0 Å². The molecule has 26 heavy (non-hydrogen) atoms. The second-order valence-corrected chi connectivity index (χ2v) is 5.64. The standard InChI is InChI=1S/C19H14F2N2O3/c1-11-16(12-4-2-5-13(8-12)18(20)21)17(24)15(19(25)26)10-23(11)14-6-3-7-22-9-14/h2-10,18H,1H3,(H,25,26). The normalized spacial score (nSPS) is 10.9. The Kier molecular flexibility index (Phi) is 4.62. The van der Waals surface area contributed by atoms with Gasteiger partial charge in [-0.05, 0) is 30.7 Å². The van der Waals surface area contributed by atoms with Crippen LogP contribution in [-0.2, 0) is 0 Å². The van der Waals surface area contributed by atoms with Crippen molar-refractivity contribution >= 4 is 5.97 Å². The molecule has 0 saturated heterocycles. The van der Waals surface area contributed by atoms with Gasteiger partial charge >= 0.3 is 5.97 Å². The van der Waals surface area contributed by atoms with Gasteiger partial charge in [-0.2, -0.15) is 0 Å². The van der Waals surface area contributed by atoms with Crippen molar-refractivity contribution < 1.29 is 18.7 Å². The maximum absolute atomic E-state index is 13.0. The molecule has 0 saturated carbocycles. The number of aromatic carboxylic acids is 1. The SMILES string of the molecule is Cc1c(-c2cccc(C(F)F)c2)c(=O)c(C(=O)O)cn1-c1cccnc1. The molecule has 1 aromatic carbocycles. The van der Waals surface area contributed by atoms with Crippen LogP contribution >= 0.6 is 0 Å². The molecule has 3 rings (SSSR count). The molecule has 0 unspecified atom stereocenters. The lowest BCUT2D eigenvalue weighted by Crippen LogP contribution is -2.22. The molecular formula is C19H14F2N2O3. The lowest BCUT2D eigenvalue weighted by molar-refractivity contribution is 0.0694. The number of carbonyl (C=O) groups is 1. The van der Waals surface area contributed by atoms with Crippen molar-refractivity contribution in [2.45, 2.75) is 13.3 Å². The van der Waals surface area contributed by atoms with Gasteiger partial charge < -0.3 is 9.67 Å². The number of hydrogen-bond acceptors (Lipinski definition) is 3. The molecule has 0 amide bonds. The van der Waals surface area contributed by atoms with Gasteiger partial charge in [0, 0.05) is 29.2 Å². The Hall–Kier alpha value is -3.35. The van der Waals surface area contributed by atoms with E-state index in [0.29, 0.717) is 11.4 Å². The summed E-state index contributed by atoms with van der Waals surface area (Å²) in [6.45, 7) is 1.63. The van der Waals surface area contributed by atoms with E-state index >= 15 is 0 Å². The van der Waals surface area contributed by atoms with Crippen LogP contribution in [0.2, 0.25) is 0 Å². The van der Waals surface area contributed by atoms with Crippen LogP contribution in [-0.4, -0.2) is 20.6 Å². The van der Waals surface area contributed by atoms with E-state index in [4.69, 9.17) is 0 Å². The molecule has 0 spiro atoms. The highest BCUT2D eigenvalue weighted by atomic mass is 19.3. The van der Waals surface area contributed by atoms with Crippen molar-refractivity contribution in [1.82, 2.24) is 9.55 Å². The summed E-state index contributed by atoms with van der Waals surface area (Å²) in [4.78, 5) is 28.2. The Bertz CT molecular complexity index is 1030. The van der Waals surface area contributed by atoms with Crippen molar-refractivity contribution in [2.24, 2.45) is 0 Å². The summed E-state index contributed by atoms with van der Waals surface area (Å²) in [5.74, 6) is -1.39. The summed E-state index contributed by atoms with van der Waals surface area (Å²) >= 11 is 0. The van der Waals surface area contributed by atoms with Gasteiger partial charge in [0.2, 0.25) is 5.43 Å². The van der Waals surface area contributed by atoms with Crippen LogP contribution in [0.1, 0.15) is 28.0 Å². The lowest BCUT2D eigenvalue weighted by atomic mass is 9.99. The Morgan fingerprint density at radius 3 is 2.62 bits per heavy atom. The second-order valence-electron chi connectivity index (χ2n) is 5.64. The smallest absolute Gasteiger partial charge is 0.341 e. The quantitative estimate of drug-likeness (QED) is 0.771. The summed E-state index contributed by atoms with van der Waals surface area (Å²) < 4.78 is 27.6. The number of pyridine rings is 2. The van der Waals surface area contributed by atoms with Crippen LogP contribution in [0, 0.1) is 6.92 Å². The molecule has 0 fully saturated rings. The number of nitrogens with zero attached hydrogens (tertiary/aromatic N) is 2. The molecule has 0 bridgehead atoms. The third kappa shape index (κ3) is 3.11. The van der Waals surface area contributed by atoms with E-state index in [9.17, 15) is 23.5 Å². The highest BCUT2D eigenvalue weighted by Crippen LogP contribution is 2.27. The number of hydrogen-bond donors (Lipinski definition) is 1. The summed E-state index contributed by atoms with van der Waals surface area (Å²) in [6, 6.07) is 8.75. The minimum absolute atomic E-state index is 0.0660. The van der Waals surface area contributed by atoms with Gasteiger partial charge in [0.25, 0.3) is 6.43 Å². The Balaban J connectivity index is 2.35. The second kappa shape index (κ2) is 6.87. The highest BCUT2D eigenvalue weighted by Gasteiger charge is 2.20. The van der Waals surface area contributed by atoms with Gasteiger partial charge in [0.15, 0.2) is 0 Å². The van der Waals surface area contributed by atoms with Crippen molar-refractivity contribution in [3.8, 4) is 16.8 Å². The summed E-state index contributed by atoms with van der Waals surface area (Å²) in [5, 5.41) is 9.39. The predicted octanol–water partition coefficient (Wildman–Crippen LogP) is 3.84. The molecule has 132 valence electrons. The molecule has 0 atom stereocenters. The Morgan fingerprint density at radius 1 is 1.23 bits per heavy atom. The van der Waals surface area contributed by atoms with E-state index in [1.165, 1.54) is 41.2 Å². The Morgan fingerprint density at radius 2 is 2.00 bits per heavy atom. The third-order valence-corrected chi connectivity index (χ3v) is 4.03. The zero-order valence-electron chi connectivity index (χ0n) is 13.7. The molecule has 0 radical (unpaired) electrons. The Labute approximate surface area is 147 Å². The molecule has 0 aliphatic rings. The summed E-state index contributed by atoms with van der Waals surface area (Å²) in [6.07, 6.45) is 1.60. The monoisotopic (exact) mass is 356 g/mol. The number of carboxylic acid groups (broad SMARTS) is 1. The van der Waals surface area contributed by atoms with Gasteiger partial charge in [-0.25, -0.2) is 13.6 Å². The average Bonchev–Trinajstić information content (AvgIpc) is 2.62. The van der Waals surface area contributed by atoms with Crippen molar-refractivity contribution in [1.29, 1.82) is 0 Å². The molecule has 2 aromatic heterocycles. The number of alkyl halides is 2.